The summed E-state index contributed by atoms with van der Waals surface area (Å²) in [5.41, 5.74) is 1.86. The van der Waals surface area contributed by atoms with Gasteiger partial charge in [0.15, 0.2) is 5.96 Å². The van der Waals surface area contributed by atoms with Crippen molar-refractivity contribution in [3.05, 3.63) is 42.2 Å². The first-order valence-corrected chi connectivity index (χ1v) is 8.56. The summed E-state index contributed by atoms with van der Waals surface area (Å²) in [6, 6.07) is 9.94. The van der Waals surface area contributed by atoms with Gasteiger partial charge in [0.1, 0.15) is 5.69 Å². The Bertz CT molecular complexity index is 665. The summed E-state index contributed by atoms with van der Waals surface area (Å²) in [6.45, 7) is 6.04. The van der Waals surface area contributed by atoms with E-state index in [0.717, 1.165) is 56.7 Å². The molecule has 0 aliphatic carbocycles. The Morgan fingerprint density at radius 1 is 1.20 bits per heavy atom. The molecule has 0 atom stereocenters. The minimum absolute atomic E-state index is 0.573. The molecule has 0 bridgehead atoms. The Morgan fingerprint density at radius 3 is 2.76 bits per heavy atom. The van der Waals surface area contributed by atoms with Crippen LogP contribution in [0.2, 0.25) is 0 Å². The highest BCUT2D eigenvalue weighted by molar-refractivity contribution is 5.79. The summed E-state index contributed by atoms with van der Waals surface area (Å²) >= 11 is 0. The third-order valence-corrected chi connectivity index (χ3v) is 4.05. The molecule has 0 unspecified atom stereocenters. The van der Waals surface area contributed by atoms with Crippen LogP contribution in [0.3, 0.4) is 0 Å². The van der Waals surface area contributed by atoms with Gasteiger partial charge in [-0.3, -0.25) is 9.89 Å². The van der Waals surface area contributed by atoms with Gasteiger partial charge in [-0.15, -0.1) is 5.10 Å². The number of aromatic nitrogens is 3. The van der Waals surface area contributed by atoms with E-state index in [1.807, 2.05) is 36.5 Å². The average Bonchev–Trinajstić information content (AvgIpc) is 3.15. The second-order valence-corrected chi connectivity index (χ2v) is 5.80. The largest absolute Gasteiger partial charge is 0.379 e. The van der Waals surface area contributed by atoms with Crippen LogP contribution in [0, 0.1) is 0 Å². The number of benzene rings is 1. The maximum Gasteiger partial charge on any atom is 0.191 e. The third-order valence-electron chi connectivity index (χ3n) is 4.05. The van der Waals surface area contributed by atoms with Gasteiger partial charge in [-0.1, -0.05) is 23.4 Å². The standard InChI is InChI=1S/C17H25N7O/c1-18-17(19-7-8-23-9-11-25-12-10-23)20-13-15-14-24(22-21-15)16-5-3-2-4-6-16/h2-6,14H,7-13H2,1H3,(H2,18,19,20). The fourth-order valence-electron chi connectivity index (χ4n) is 2.64. The number of morpholine rings is 1. The number of guanidine groups is 1. The van der Waals surface area contributed by atoms with E-state index in [4.69, 9.17) is 4.74 Å². The lowest BCUT2D eigenvalue weighted by Crippen LogP contribution is -2.44. The Kier molecular flexibility index (Phi) is 6.35. The zero-order valence-electron chi connectivity index (χ0n) is 14.6. The highest BCUT2D eigenvalue weighted by Gasteiger charge is 2.10. The van der Waals surface area contributed by atoms with Crippen LogP contribution in [0.25, 0.3) is 5.69 Å². The molecule has 8 heteroatoms. The van der Waals surface area contributed by atoms with E-state index >= 15 is 0 Å². The molecule has 0 saturated carbocycles. The van der Waals surface area contributed by atoms with Crippen molar-refractivity contribution in [2.24, 2.45) is 4.99 Å². The van der Waals surface area contributed by atoms with E-state index in [2.05, 4.69) is 30.8 Å². The fraction of sp³-hybridized carbons (Fsp3) is 0.471. The zero-order chi connectivity index (χ0) is 17.3. The van der Waals surface area contributed by atoms with Gasteiger partial charge in [0.25, 0.3) is 0 Å². The molecule has 3 rings (SSSR count). The lowest BCUT2D eigenvalue weighted by atomic mass is 10.3. The highest BCUT2D eigenvalue weighted by atomic mass is 16.5. The Hall–Kier alpha value is -2.45. The molecule has 8 nitrogen and oxygen atoms in total. The molecule has 2 heterocycles. The van der Waals surface area contributed by atoms with Crippen LogP contribution >= 0.6 is 0 Å². The van der Waals surface area contributed by atoms with Crippen molar-refractivity contribution in [1.29, 1.82) is 0 Å². The molecule has 1 aliphatic heterocycles. The van der Waals surface area contributed by atoms with Crippen LogP contribution in [0.1, 0.15) is 5.69 Å². The molecule has 2 N–H and O–H groups in total. The molecule has 1 saturated heterocycles. The van der Waals surface area contributed by atoms with Crippen LogP contribution < -0.4 is 10.6 Å². The molecule has 1 aromatic heterocycles. The van der Waals surface area contributed by atoms with E-state index in [1.165, 1.54) is 0 Å². The summed E-state index contributed by atoms with van der Waals surface area (Å²) < 4.78 is 7.13. The van der Waals surface area contributed by atoms with Crippen molar-refractivity contribution in [1.82, 2.24) is 30.5 Å². The van der Waals surface area contributed by atoms with E-state index in [0.29, 0.717) is 6.54 Å². The summed E-state index contributed by atoms with van der Waals surface area (Å²) in [6.07, 6.45) is 1.92. The number of hydrogen-bond donors (Lipinski definition) is 2. The maximum atomic E-state index is 5.36. The molecule has 1 aromatic carbocycles. The van der Waals surface area contributed by atoms with E-state index in [-0.39, 0.29) is 0 Å². The minimum atomic E-state index is 0.573. The molecular formula is C17H25N7O. The number of rotatable bonds is 6. The van der Waals surface area contributed by atoms with E-state index in [1.54, 1.807) is 11.7 Å². The van der Waals surface area contributed by atoms with Crippen molar-refractivity contribution >= 4 is 5.96 Å². The van der Waals surface area contributed by atoms with Gasteiger partial charge in [0.05, 0.1) is 31.6 Å². The van der Waals surface area contributed by atoms with E-state index < -0.39 is 0 Å². The first kappa shape index (κ1) is 17.4. The maximum absolute atomic E-state index is 5.36. The second-order valence-electron chi connectivity index (χ2n) is 5.80. The number of nitrogens with one attached hydrogen (secondary N) is 2. The predicted octanol–water partition coefficient (Wildman–Crippen LogP) is 0.265. The Morgan fingerprint density at radius 2 is 2.00 bits per heavy atom. The molecule has 2 aromatic rings. The smallest absolute Gasteiger partial charge is 0.191 e. The summed E-state index contributed by atoms with van der Waals surface area (Å²) in [5, 5.41) is 15.0. The monoisotopic (exact) mass is 343 g/mol. The van der Waals surface area contributed by atoms with Crippen LogP contribution in [0.4, 0.5) is 0 Å². The Labute approximate surface area is 147 Å². The van der Waals surface area contributed by atoms with Crippen molar-refractivity contribution < 1.29 is 4.74 Å². The lowest BCUT2D eigenvalue weighted by Gasteiger charge is -2.26. The molecule has 1 aliphatic rings. The predicted molar refractivity (Wildman–Crippen MR) is 96.8 cm³/mol. The van der Waals surface area contributed by atoms with Crippen LogP contribution in [0.15, 0.2) is 41.5 Å². The van der Waals surface area contributed by atoms with Gasteiger partial charge >= 0.3 is 0 Å². The highest BCUT2D eigenvalue weighted by Crippen LogP contribution is 2.05. The van der Waals surface area contributed by atoms with Gasteiger partial charge < -0.3 is 15.4 Å². The fourth-order valence-corrected chi connectivity index (χ4v) is 2.64. The zero-order valence-corrected chi connectivity index (χ0v) is 14.6. The van der Waals surface area contributed by atoms with Gasteiger partial charge in [-0.25, -0.2) is 4.68 Å². The van der Waals surface area contributed by atoms with Gasteiger partial charge in [0.2, 0.25) is 0 Å². The number of hydrogen-bond acceptors (Lipinski definition) is 5. The topological polar surface area (TPSA) is 79.6 Å². The molecule has 1 fully saturated rings. The first-order valence-electron chi connectivity index (χ1n) is 8.56. The number of nitrogens with zero attached hydrogens (tertiary/aromatic N) is 5. The quantitative estimate of drug-likeness (QED) is 0.579. The number of ether oxygens (including phenoxy) is 1. The third kappa shape index (κ3) is 5.27. The minimum Gasteiger partial charge on any atom is -0.379 e. The number of para-hydroxylation sites is 1. The molecule has 134 valence electrons. The molecule has 25 heavy (non-hydrogen) atoms. The second kappa shape index (κ2) is 9.14. The molecular weight excluding hydrogens is 318 g/mol. The van der Waals surface area contributed by atoms with Crippen LogP contribution in [-0.2, 0) is 11.3 Å². The summed E-state index contributed by atoms with van der Waals surface area (Å²) in [7, 11) is 1.77. The lowest BCUT2D eigenvalue weighted by molar-refractivity contribution is 0.0389. The molecule has 0 amide bonds. The Balaban J connectivity index is 1.43. The van der Waals surface area contributed by atoms with E-state index in [9.17, 15) is 0 Å². The molecule has 0 spiro atoms. The van der Waals surface area contributed by atoms with Gasteiger partial charge in [0, 0.05) is 33.2 Å². The van der Waals surface area contributed by atoms with Crippen LogP contribution in [-0.4, -0.2) is 72.3 Å². The van der Waals surface area contributed by atoms with Gasteiger partial charge in [-0.2, -0.15) is 0 Å². The average molecular weight is 343 g/mol. The van der Waals surface area contributed by atoms with Crippen molar-refractivity contribution in [3.63, 3.8) is 0 Å². The number of aliphatic imine (C=N–C) groups is 1. The van der Waals surface area contributed by atoms with Crippen molar-refractivity contribution in [3.8, 4) is 5.69 Å². The van der Waals surface area contributed by atoms with Crippen LogP contribution in [0.5, 0.6) is 0 Å². The normalized spacial score (nSPS) is 16.0. The van der Waals surface area contributed by atoms with Gasteiger partial charge in [-0.05, 0) is 12.1 Å². The SMILES string of the molecule is CN=C(NCCN1CCOCC1)NCc1cn(-c2ccccc2)nn1. The summed E-state index contributed by atoms with van der Waals surface area (Å²) in [4.78, 5) is 6.63. The molecule has 0 radical (unpaired) electrons. The van der Waals surface area contributed by atoms with Crippen molar-refractivity contribution in [2.75, 3.05) is 46.4 Å². The van der Waals surface area contributed by atoms with Crippen molar-refractivity contribution in [2.45, 2.75) is 6.54 Å². The first-order chi connectivity index (χ1) is 12.3. The summed E-state index contributed by atoms with van der Waals surface area (Å²) in [5.74, 6) is 0.766.